The highest BCUT2D eigenvalue weighted by atomic mass is 16.2. The van der Waals surface area contributed by atoms with Crippen molar-refractivity contribution in [3.8, 4) is 0 Å². The first kappa shape index (κ1) is 13.5. The normalized spacial score (nSPS) is 22.8. The number of hydrogen-bond acceptors (Lipinski definition) is 2. The Hall–Kier alpha value is -0.570. The molecule has 0 aromatic rings. The van der Waals surface area contributed by atoms with Crippen LogP contribution in [0.4, 0.5) is 0 Å². The molecule has 94 valence electrons. The molecule has 1 N–H and O–H groups in total. The van der Waals surface area contributed by atoms with Crippen molar-refractivity contribution in [2.24, 2.45) is 0 Å². The summed E-state index contributed by atoms with van der Waals surface area (Å²) in [5, 5.41) is 3.31. The summed E-state index contributed by atoms with van der Waals surface area (Å²) < 4.78 is 0. The molecular formula is C13H26N2O. The van der Waals surface area contributed by atoms with Crippen LogP contribution in [0, 0.1) is 0 Å². The van der Waals surface area contributed by atoms with Crippen LogP contribution in [0.1, 0.15) is 59.3 Å². The number of hydrogen-bond donors (Lipinski definition) is 1. The third-order valence-electron chi connectivity index (χ3n) is 3.38. The minimum atomic E-state index is 0.280. The van der Waals surface area contributed by atoms with E-state index >= 15 is 0 Å². The van der Waals surface area contributed by atoms with Crippen LogP contribution < -0.4 is 5.32 Å². The summed E-state index contributed by atoms with van der Waals surface area (Å²) in [5.74, 6) is 0.280. The smallest absolute Gasteiger partial charge is 0.238 e. The second-order valence-corrected chi connectivity index (χ2v) is 4.83. The molecule has 1 fully saturated rings. The molecule has 0 saturated carbocycles. The van der Waals surface area contributed by atoms with Gasteiger partial charge in [0, 0.05) is 6.04 Å². The second-order valence-electron chi connectivity index (χ2n) is 4.83. The topological polar surface area (TPSA) is 32.3 Å². The highest BCUT2D eigenvalue weighted by Gasteiger charge is 2.32. The van der Waals surface area contributed by atoms with E-state index in [0.29, 0.717) is 12.6 Å². The van der Waals surface area contributed by atoms with E-state index < -0.39 is 0 Å². The lowest BCUT2D eigenvalue weighted by Crippen LogP contribution is -2.43. The third kappa shape index (κ3) is 3.48. The number of nitrogens with one attached hydrogen (secondary N) is 1. The molecule has 3 nitrogen and oxygen atoms in total. The van der Waals surface area contributed by atoms with Crippen LogP contribution in [-0.4, -0.2) is 29.6 Å². The molecule has 16 heavy (non-hydrogen) atoms. The minimum absolute atomic E-state index is 0.280. The average molecular weight is 226 g/mol. The van der Waals surface area contributed by atoms with Crippen LogP contribution in [0.15, 0.2) is 0 Å². The quantitative estimate of drug-likeness (QED) is 0.677. The molecule has 0 bridgehead atoms. The molecular weight excluding hydrogens is 200 g/mol. The predicted molar refractivity (Wildman–Crippen MR) is 67.1 cm³/mol. The van der Waals surface area contributed by atoms with Gasteiger partial charge in [-0.25, -0.2) is 0 Å². The summed E-state index contributed by atoms with van der Waals surface area (Å²) in [6.07, 6.45) is 7.39. The minimum Gasteiger partial charge on any atom is -0.323 e. The molecule has 1 saturated heterocycles. The van der Waals surface area contributed by atoms with Crippen LogP contribution >= 0.6 is 0 Å². The number of unbranched alkanes of at least 4 members (excludes halogenated alkanes) is 2. The zero-order valence-electron chi connectivity index (χ0n) is 11.0. The molecule has 3 heteroatoms. The average Bonchev–Trinajstić information content (AvgIpc) is 2.61. The summed E-state index contributed by atoms with van der Waals surface area (Å²) in [5.41, 5.74) is 0. The van der Waals surface area contributed by atoms with Gasteiger partial charge in [0.15, 0.2) is 0 Å². The maximum atomic E-state index is 11.8. The van der Waals surface area contributed by atoms with Crippen molar-refractivity contribution in [2.45, 2.75) is 71.5 Å². The number of carbonyl (C=O) groups excluding carboxylic acids is 1. The first-order valence-corrected chi connectivity index (χ1v) is 6.75. The van der Waals surface area contributed by atoms with Gasteiger partial charge in [0.2, 0.25) is 5.91 Å². The number of carbonyl (C=O) groups is 1. The highest BCUT2D eigenvalue weighted by molar-refractivity contribution is 5.80. The Labute approximate surface area is 99.6 Å². The van der Waals surface area contributed by atoms with Gasteiger partial charge in [-0.15, -0.1) is 0 Å². The summed E-state index contributed by atoms with van der Waals surface area (Å²) in [7, 11) is 0. The Balaban J connectivity index is 2.43. The molecule has 2 unspecified atom stereocenters. The zero-order chi connectivity index (χ0) is 12.0. The molecule has 0 radical (unpaired) electrons. The Morgan fingerprint density at radius 3 is 2.75 bits per heavy atom. The van der Waals surface area contributed by atoms with E-state index in [1.54, 1.807) is 0 Å². The van der Waals surface area contributed by atoms with Gasteiger partial charge < -0.3 is 4.90 Å². The lowest BCUT2D eigenvalue weighted by atomic mass is 10.1. The largest absolute Gasteiger partial charge is 0.323 e. The van der Waals surface area contributed by atoms with Crippen molar-refractivity contribution in [3.63, 3.8) is 0 Å². The molecule has 1 amide bonds. The van der Waals surface area contributed by atoms with Crippen LogP contribution in [0.2, 0.25) is 0 Å². The van der Waals surface area contributed by atoms with E-state index in [1.807, 2.05) is 0 Å². The molecule has 2 atom stereocenters. The van der Waals surface area contributed by atoms with Gasteiger partial charge in [-0.2, -0.15) is 0 Å². The van der Waals surface area contributed by atoms with Crippen LogP contribution in [0.5, 0.6) is 0 Å². The van der Waals surface area contributed by atoms with Crippen molar-refractivity contribution < 1.29 is 4.79 Å². The predicted octanol–water partition coefficient (Wildman–Crippen LogP) is 2.51. The summed E-state index contributed by atoms with van der Waals surface area (Å²) >= 11 is 0. The molecule has 1 rings (SSSR count). The van der Waals surface area contributed by atoms with Crippen molar-refractivity contribution in [2.75, 3.05) is 6.54 Å². The lowest BCUT2D eigenvalue weighted by molar-refractivity contribution is -0.130. The van der Waals surface area contributed by atoms with Crippen molar-refractivity contribution in [1.29, 1.82) is 0 Å². The van der Waals surface area contributed by atoms with Crippen LogP contribution in [-0.2, 0) is 4.79 Å². The van der Waals surface area contributed by atoms with Gasteiger partial charge in [-0.05, 0) is 19.8 Å². The van der Waals surface area contributed by atoms with Crippen molar-refractivity contribution in [3.05, 3.63) is 0 Å². The molecule has 1 heterocycles. The van der Waals surface area contributed by atoms with Gasteiger partial charge in [0.05, 0.1) is 12.7 Å². The summed E-state index contributed by atoms with van der Waals surface area (Å²) in [4.78, 5) is 13.9. The van der Waals surface area contributed by atoms with Crippen LogP contribution in [0.3, 0.4) is 0 Å². The monoisotopic (exact) mass is 226 g/mol. The van der Waals surface area contributed by atoms with E-state index in [2.05, 4.69) is 31.0 Å². The van der Waals surface area contributed by atoms with Gasteiger partial charge in [-0.1, -0.05) is 39.5 Å². The van der Waals surface area contributed by atoms with E-state index in [4.69, 9.17) is 0 Å². The van der Waals surface area contributed by atoms with Crippen LogP contribution in [0.25, 0.3) is 0 Å². The van der Waals surface area contributed by atoms with Gasteiger partial charge in [-0.3, -0.25) is 10.1 Å². The number of amides is 1. The van der Waals surface area contributed by atoms with Gasteiger partial charge in [0.25, 0.3) is 0 Å². The molecule has 1 aliphatic rings. The molecule has 0 aromatic heterocycles. The van der Waals surface area contributed by atoms with Crippen molar-refractivity contribution in [1.82, 2.24) is 10.2 Å². The lowest BCUT2D eigenvalue weighted by Gasteiger charge is -2.30. The van der Waals surface area contributed by atoms with Gasteiger partial charge in [0.1, 0.15) is 0 Å². The Kier molecular flexibility index (Phi) is 5.81. The number of rotatable bonds is 7. The SMILES string of the molecule is CCCCCC(C)N1C(=O)CNC1CCC. The highest BCUT2D eigenvalue weighted by Crippen LogP contribution is 2.18. The summed E-state index contributed by atoms with van der Waals surface area (Å²) in [6.45, 7) is 7.10. The summed E-state index contributed by atoms with van der Waals surface area (Å²) in [6, 6.07) is 0.394. The molecule has 0 spiro atoms. The second kappa shape index (κ2) is 6.89. The zero-order valence-corrected chi connectivity index (χ0v) is 11.0. The maximum Gasteiger partial charge on any atom is 0.238 e. The van der Waals surface area contributed by atoms with E-state index in [1.165, 1.54) is 19.3 Å². The fourth-order valence-corrected chi connectivity index (χ4v) is 2.46. The first-order valence-electron chi connectivity index (χ1n) is 6.75. The fraction of sp³-hybridized carbons (Fsp3) is 0.923. The Bertz CT molecular complexity index is 218. The molecule has 0 aliphatic carbocycles. The van der Waals surface area contributed by atoms with Gasteiger partial charge >= 0.3 is 0 Å². The standard InChI is InChI=1S/C13H26N2O/c1-4-6-7-9-11(3)15-12(8-5-2)14-10-13(15)16/h11-12,14H,4-10H2,1-3H3. The van der Waals surface area contributed by atoms with E-state index in [0.717, 1.165) is 19.3 Å². The first-order chi connectivity index (χ1) is 7.70. The fourth-order valence-electron chi connectivity index (χ4n) is 2.46. The Morgan fingerprint density at radius 2 is 2.12 bits per heavy atom. The number of nitrogens with zero attached hydrogens (tertiary/aromatic N) is 1. The Morgan fingerprint density at radius 1 is 1.38 bits per heavy atom. The maximum absolute atomic E-state index is 11.8. The van der Waals surface area contributed by atoms with E-state index in [9.17, 15) is 4.79 Å². The van der Waals surface area contributed by atoms with Crippen molar-refractivity contribution >= 4 is 5.91 Å². The molecule has 0 aromatic carbocycles. The van der Waals surface area contributed by atoms with E-state index in [-0.39, 0.29) is 12.1 Å². The molecule has 1 aliphatic heterocycles. The third-order valence-corrected chi connectivity index (χ3v) is 3.38.